The molecule has 2 aromatic carbocycles. The van der Waals surface area contributed by atoms with Crippen LogP contribution in [-0.4, -0.2) is 35.5 Å². The summed E-state index contributed by atoms with van der Waals surface area (Å²) in [5, 5.41) is 10.1. The molecule has 1 saturated carbocycles. The van der Waals surface area contributed by atoms with E-state index in [4.69, 9.17) is 5.10 Å². The maximum absolute atomic E-state index is 5.05. The molecule has 1 saturated heterocycles. The highest BCUT2D eigenvalue weighted by atomic mass is 15.3. The fraction of sp³-hybridized carbons (Fsp3) is 0.480. The number of benzene rings is 2. The number of hydrogen-bond donors (Lipinski definition) is 1. The third-order valence-electron chi connectivity index (χ3n) is 6.63. The highest BCUT2D eigenvalue weighted by Gasteiger charge is 2.26. The van der Waals surface area contributed by atoms with Crippen LogP contribution >= 0.6 is 0 Å². The van der Waals surface area contributed by atoms with Gasteiger partial charge < -0.3 is 10.2 Å². The first-order chi connectivity index (χ1) is 14.2. The van der Waals surface area contributed by atoms with Crippen LogP contribution in [0.4, 0.5) is 5.69 Å². The minimum Gasteiger partial charge on any atom is -0.369 e. The lowest BCUT2D eigenvalue weighted by Crippen LogP contribution is -2.51. The van der Waals surface area contributed by atoms with Gasteiger partial charge in [0.05, 0.1) is 17.3 Å². The molecule has 1 aliphatic heterocycles. The molecule has 0 amide bonds. The summed E-state index contributed by atoms with van der Waals surface area (Å²) in [6.45, 7) is 7.66. The Morgan fingerprint density at radius 3 is 2.66 bits per heavy atom. The molecule has 1 aliphatic carbocycles. The summed E-state index contributed by atoms with van der Waals surface area (Å²) in [6.07, 6.45) is 4.95. The molecule has 0 radical (unpaired) electrons. The third-order valence-corrected chi connectivity index (χ3v) is 6.63. The highest BCUT2D eigenvalue weighted by molar-refractivity contribution is 5.86. The quantitative estimate of drug-likeness (QED) is 0.674. The predicted octanol–water partition coefficient (Wildman–Crippen LogP) is 4.91. The van der Waals surface area contributed by atoms with E-state index >= 15 is 0 Å². The summed E-state index contributed by atoms with van der Waals surface area (Å²) in [7, 11) is 0. The van der Waals surface area contributed by atoms with Crippen molar-refractivity contribution in [1.29, 1.82) is 0 Å². The van der Waals surface area contributed by atoms with Gasteiger partial charge in [0.2, 0.25) is 0 Å². The van der Waals surface area contributed by atoms with Gasteiger partial charge in [0.1, 0.15) is 0 Å². The molecule has 2 heterocycles. The molecule has 1 unspecified atom stereocenters. The zero-order chi connectivity index (χ0) is 19.8. The minimum absolute atomic E-state index is 0.458. The van der Waals surface area contributed by atoms with E-state index < -0.39 is 0 Å². The Kier molecular flexibility index (Phi) is 5.04. The van der Waals surface area contributed by atoms with Crippen molar-refractivity contribution in [2.24, 2.45) is 0 Å². The van der Waals surface area contributed by atoms with Gasteiger partial charge in [-0.05, 0) is 55.4 Å². The van der Waals surface area contributed by atoms with Gasteiger partial charge in [-0.3, -0.25) is 4.68 Å². The molecule has 2 aliphatic rings. The van der Waals surface area contributed by atoms with Gasteiger partial charge in [0.15, 0.2) is 0 Å². The summed E-state index contributed by atoms with van der Waals surface area (Å²) >= 11 is 0. The zero-order valence-corrected chi connectivity index (χ0v) is 17.6. The lowest BCUT2D eigenvalue weighted by atomic mass is 9.93. The van der Waals surface area contributed by atoms with Gasteiger partial charge in [-0.1, -0.05) is 44.2 Å². The normalized spacial score (nSPS) is 20.4. The molecular formula is C25H32N4. The monoisotopic (exact) mass is 388 g/mol. The molecule has 2 fully saturated rings. The number of anilines is 1. The number of rotatable bonds is 5. The summed E-state index contributed by atoms with van der Waals surface area (Å²) in [5.74, 6) is 0.458. The van der Waals surface area contributed by atoms with E-state index in [2.05, 4.69) is 77.3 Å². The summed E-state index contributed by atoms with van der Waals surface area (Å²) in [6, 6.07) is 18.9. The maximum Gasteiger partial charge on any atom is 0.0728 e. The average Bonchev–Trinajstić information content (AvgIpc) is 3.06. The lowest BCUT2D eigenvalue weighted by molar-refractivity contribution is 0.295. The van der Waals surface area contributed by atoms with Crippen LogP contribution < -0.4 is 10.2 Å². The molecule has 29 heavy (non-hydrogen) atoms. The van der Waals surface area contributed by atoms with E-state index in [0.29, 0.717) is 18.0 Å². The van der Waals surface area contributed by atoms with E-state index in [0.717, 1.165) is 26.1 Å². The number of fused-ring (bicyclic) bond motifs is 1. The Morgan fingerprint density at radius 2 is 1.93 bits per heavy atom. The minimum atomic E-state index is 0.458. The van der Waals surface area contributed by atoms with Crippen LogP contribution in [0.3, 0.4) is 0 Å². The number of nitrogens with one attached hydrogen (secondary N) is 1. The predicted molar refractivity (Wildman–Crippen MR) is 121 cm³/mol. The molecule has 4 nitrogen and oxygen atoms in total. The van der Waals surface area contributed by atoms with Crippen LogP contribution in [0.2, 0.25) is 0 Å². The third kappa shape index (κ3) is 3.66. The Morgan fingerprint density at radius 1 is 1.10 bits per heavy atom. The number of hydrogen-bond acceptors (Lipinski definition) is 3. The van der Waals surface area contributed by atoms with E-state index in [1.807, 2.05) is 0 Å². The van der Waals surface area contributed by atoms with Gasteiger partial charge in [-0.2, -0.15) is 5.10 Å². The Bertz CT molecular complexity index is 971. The fourth-order valence-corrected chi connectivity index (χ4v) is 4.78. The van der Waals surface area contributed by atoms with Crippen molar-refractivity contribution in [3.8, 4) is 0 Å². The first kappa shape index (κ1) is 18.7. The summed E-state index contributed by atoms with van der Waals surface area (Å²) in [5.41, 5.74) is 5.33. The summed E-state index contributed by atoms with van der Waals surface area (Å²) in [4.78, 5) is 2.55. The van der Waals surface area contributed by atoms with Crippen LogP contribution in [-0.2, 0) is 6.42 Å². The van der Waals surface area contributed by atoms with Crippen LogP contribution in [0.25, 0.3) is 10.9 Å². The van der Waals surface area contributed by atoms with Crippen molar-refractivity contribution in [2.75, 3.05) is 24.5 Å². The van der Waals surface area contributed by atoms with E-state index in [-0.39, 0.29) is 0 Å². The van der Waals surface area contributed by atoms with Crippen LogP contribution in [0, 0.1) is 0 Å². The van der Waals surface area contributed by atoms with Gasteiger partial charge in [0, 0.05) is 36.7 Å². The average molecular weight is 389 g/mol. The highest BCUT2D eigenvalue weighted by Crippen LogP contribution is 2.37. The fourth-order valence-electron chi connectivity index (χ4n) is 4.78. The molecular weight excluding hydrogens is 356 g/mol. The molecule has 1 aromatic heterocycles. The molecule has 5 rings (SSSR count). The first-order valence-electron chi connectivity index (χ1n) is 11.2. The van der Waals surface area contributed by atoms with Crippen molar-refractivity contribution in [3.63, 3.8) is 0 Å². The first-order valence-corrected chi connectivity index (χ1v) is 11.2. The molecule has 4 heteroatoms. The number of aromatic nitrogens is 2. The molecule has 152 valence electrons. The maximum atomic E-state index is 5.05. The second-order valence-corrected chi connectivity index (χ2v) is 9.06. The van der Waals surface area contributed by atoms with Crippen LogP contribution in [0.1, 0.15) is 56.3 Å². The van der Waals surface area contributed by atoms with Crippen molar-refractivity contribution in [2.45, 2.75) is 57.5 Å². The zero-order valence-electron chi connectivity index (χ0n) is 17.6. The van der Waals surface area contributed by atoms with Crippen molar-refractivity contribution in [3.05, 3.63) is 59.8 Å². The Labute approximate surface area is 173 Å². The SMILES string of the molecule is CC(C)c1nn(C2CCC2)c2cc(N3CCNC(Cc4ccccc4)C3)ccc12. The van der Waals surface area contributed by atoms with Crippen molar-refractivity contribution >= 4 is 16.6 Å². The topological polar surface area (TPSA) is 33.1 Å². The standard InChI is InChI=1S/C25H32N4/c1-18(2)25-23-12-11-22(16-24(23)29(27-25)21-9-6-10-21)28-14-13-26-20(17-28)15-19-7-4-3-5-8-19/h3-5,7-8,11-12,16,18,20-21,26H,6,9-10,13-15,17H2,1-2H3. The van der Waals surface area contributed by atoms with Crippen LogP contribution in [0.5, 0.6) is 0 Å². The van der Waals surface area contributed by atoms with Gasteiger partial charge in [-0.15, -0.1) is 0 Å². The van der Waals surface area contributed by atoms with Crippen molar-refractivity contribution < 1.29 is 0 Å². The molecule has 1 N–H and O–H groups in total. The van der Waals surface area contributed by atoms with Gasteiger partial charge >= 0.3 is 0 Å². The number of piperazine rings is 1. The largest absolute Gasteiger partial charge is 0.369 e. The lowest BCUT2D eigenvalue weighted by Gasteiger charge is -2.35. The molecule has 1 atom stereocenters. The smallest absolute Gasteiger partial charge is 0.0728 e. The van der Waals surface area contributed by atoms with E-state index in [9.17, 15) is 0 Å². The molecule has 3 aromatic rings. The Hall–Kier alpha value is -2.33. The van der Waals surface area contributed by atoms with Gasteiger partial charge in [0.25, 0.3) is 0 Å². The van der Waals surface area contributed by atoms with E-state index in [1.54, 1.807) is 0 Å². The summed E-state index contributed by atoms with van der Waals surface area (Å²) < 4.78 is 2.33. The Balaban J connectivity index is 1.42. The van der Waals surface area contributed by atoms with E-state index in [1.165, 1.54) is 47.1 Å². The number of nitrogens with zero attached hydrogens (tertiary/aromatic N) is 3. The van der Waals surface area contributed by atoms with Gasteiger partial charge in [-0.25, -0.2) is 0 Å². The van der Waals surface area contributed by atoms with Crippen molar-refractivity contribution in [1.82, 2.24) is 15.1 Å². The van der Waals surface area contributed by atoms with Crippen LogP contribution in [0.15, 0.2) is 48.5 Å². The second kappa shape index (κ2) is 7.83. The molecule has 0 bridgehead atoms. The second-order valence-electron chi connectivity index (χ2n) is 9.06. The molecule has 0 spiro atoms.